The summed E-state index contributed by atoms with van der Waals surface area (Å²) < 4.78 is 4.95. The maximum Gasteiger partial charge on any atom is 0.0625 e. The average Bonchev–Trinajstić information content (AvgIpc) is 4.06. The number of hydrogen-bond acceptors (Lipinski definition) is 1. The van der Waals surface area contributed by atoms with Crippen LogP contribution in [0, 0.1) is 0 Å². The molecule has 0 N–H and O–H groups in total. The summed E-state index contributed by atoms with van der Waals surface area (Å²) in [5.74, 6) is 0. The van der Waals surface area contributed by atoms with Gasteiger partial charge in [-0.3, -0.25) is 0 Å². The highest BCUT2D eigenvalue weighted by molar-refractivity contribution is 6.32. The van der Waals surface area contributed by atoms with Crippen molar-refractivity contribution < 1.29 is 0 Å². The largest absolute Gasteiger partial charge is 0.310 e. The van der Waals surface area contributed by atoms with E-state index in [2.05, 4.69) is 289 Å². The van der Waals surface area contributed by atoms with Crippen LogP contribution in [0.15, 0.2) is 261 Å². The molecule has 74 heavy (non-hydrogen) atoms. The van der Waals surface area contributed by atoms with Gasteiger partial charge in [0.1, 0.15) is 0 Å². The second-order valence-electron chi connectivity index (χ2n) is 20.5. The van der Waals surface area contributed by atoms with Gasteiger partial charge in [-0.25, -0.2) is 0 Å². The SMILES string of the molecule is CC1(C)c2ccccc2-c2ccc(-n3c4ccc(N(c5ccc(-c6ccccc6)cc5)c5cccc(-c6ccc7c8ccccc8n(-c8ccccc8)c7c6)c5)cc4c4c5ccccc5c5ccccc5c43)cc21. The van der Waals surface area contributed by atoms with Crippen LogP contribution in [0.4, 0.5) is 17.1 Å². The lowest BCUT2D eigenvalue weighted by Gasteiger charge is -2.26. The predicted octanol–water partition coefficient (Wildman–Crippen LogP) is 19.3. The lowest BCUT2D eigenvalue weighted by molar-refractivity contribution is 0.660. The second kappa shape index (κ2) is 16.3. The quantitative estimate of drug-likeness (QED) is 0.145. The third kappa shape index (κ3) is 6.33. The summed E-state index contributed by atoms with van der Waals surface area (Å²) in [6.45, 7) is 4.75. The van der Waals surface area contributed by atoms with E-state index >= 15 is 0 Å². The molecular formula is C71H49N3. The summed E-state index contributed by atoms with van der Waals surface area (Å²) in [7, 11) is 0. The van der Waals surface area contributed by atoms with E-state index in [0.29, 0.717) is 0 Å². The standard InChI is InChI=1S/C71H49N3/c1-71(2)64-30-15-13-26-57(64)58-40-37-54(45-65(58)71)74-67-41-38-53(44-63(67)69-61-28-11-9-24-55(61)56-25-10-12-29-62(56)70(69)74)72(51-35-32-47(33-36-51)46-18-5-3-6-19-46)52-23-17-20-48(42-52)49-34-39-60-59-27-14-16-31-66(59)73(68(60)43-49)50-21-7-4-8-22-50/h3-45H,1-2H3. The lowest BCUT2D eigenvalue weighted by atomic mass is 9.82. The van der Waals surface area contributed by atoms with Crippen LogP contribution >= 0.6 is 0 Å². The van der Waals surface area contributed by atoms with Gasteiger partial charge < -0.3 is 14.0 Å². The Bertz CT molecular complexity index is 4560. The van der Waals surface area contributed by atoms with Crippen molar-refractivity contribution in [3.05, 3.63) is 272 Å². The van der Waals surface area contributed by atoms with Gasteiger partial charge >= 0.3 is 0 Å². The molecule has 2 heterocycles. The monoisotopic (exact) mass is 943 g/mol. The Kier molecular flexibility index (Phi) is 9.31. The van der Waals surface area contributed by atoms with Crippen LogP contribution in [0.5, 0.6) is 0 Å². The maximum atomic E-state index is 2.55. The van der Waals surface area contributed by atoms with E-state index in [1.807, 2.05) is 0 Å². The maximum absolute atomic E-state index is 2.55. The van der Waals surface area contributed by atoms with Crippen LogP contribution in [-0.4, -0.2) is 9.13 Å². The molecule has 0 atom stereocenters. The molecule has 12 aromatic carbocycles. The van der Waals surface area contributed by atoms with E-state index < -0.39 is 0 Å². The van der Waals surface area contributed by atoms with Crippen molar-refractivity contribution in [2.75, 3.05) is 4.90 Å². The zero-order valence-electron chi connectivity index (χ0n) is 41.2. The van der Waals surface area contributed by atoms with Gasteiger partial charge in [-0.1, -0.05) is 196 Å². The van der Waals surface area contributed by atoms with Gasteiger partial charge in [0.15, 0.2) is 0 Å². The minimum Gasteiger partial charge on any atom is -0.310 e. The average molecular weight is 944 g/mol. The Morgan fingerprint density at radius 2 is 0.865 bits per heavy atom. The Morgan fingerprint density at radius 1 is 0.297 bits per heavy atom. The normalized spacial score (nSPS) is 12.8. The smallest absolute Gasteiger partial charge is 0.0625 e. The van der Waals surface area contributed by atoms with Crippen molar-refractivity contribution in [2.24, 2.45) is 0 Å². The van der Waals surface area contributed by atoms with Crippen molar-refractivity contribution in [1.82, 2.24) is 9.13 Å². The first-order valence-corrected chi connectivity index (χ1v) is 25.8. The molecule has 0 radical (unpaired) electrons. The lowest BCUT2D eigenvalue weighted by Crippen LogP contribution is -2.15. The van der Waals surface area contributed by atoms with E-state index in [1.165, 1.54) is 104 Å². The number of fused-ring (bicyclic) bond motifs is 14. The molecule has 14 aromatic rings. The third-order valence-electron chi connectivity index (χ3n) is 16.1. The fourth-order valence-electron chi connectivity index (χ4n) is 12.6. The number of nitrogens with zero attached hydrogens (tertiary/aromatic N) is 3. The minimum absolute atomic E-state index is 0.139. The Balaban J connectivity index is 0.960. The number of para-hydroxylation sites is 2. The van der Waals surface area contributed by atoms with Gasteiger partial charge in [0, 0.05) is 60.8 Å². The van der Waals surface area contributed by atoms with Gasteiger partial charge in [0.25, 0.3) is 0 Å². The molecule has 0 saturated carbocycles. The van der Waals surface area contributed by atoms with Crippen LogP contribution in [0.2, 0.25) is 0 Å². The Labute approximate surface area is 430 Å². The van der Waals surface area contributed by atoms with E-state index in [4.69, 9.17) is 0 Å². The Morgan fingerprint density at radius 3 is 1.68 bits per heavy atom. The summed E-state index contributed by atoms with van der Waals surface area (Å²) in [4.78, 5) is 2.44. The highest BCUT2D eigenvalue weighted by Crippen LogP contribution is 2.51. The molecular weight excluding hydrogens is 895 g/mol. The predicted molar refractivity (Wildman–Crippen MR) is 313 cm³/mol. The number of anilines is 3. The molecule has 0 saturated heterocycles. The van der Waals surface area contributed by atoms with E-state index in [9.17, 15) is 0 Å². The molecule has 3 heteroatoms. The zero-order valence-corrected chi connectivity index (χ0v) is 41.2. The van der Waals surface area contributed by atoms with E-state index in [0.717, 1.165) is 33.9 Å². The number of benzene rings is 12. The molecule has 2 aromatic heterocycles. The van der Waals surface area contributed by atoms with Crippen molar-refractivity contribution in [3.63, 3.8) is 0 Å². The molecule has 0 spiro atoms. The second-order valence-corrected chi connectivity index (χ2v) is 20.5. The van der Waals surface area contributed by atoms with Gasteiger partial charge in [0.2, 0.25) is 0 Å². The highest BCUT2D eigenvalue weighted by atomic mass is 15.1. The highest BCUT2D eigenvalue weighted by Gasteiger charge is 2.36. The summed E-state index contributed by atoms with van der Waals surface area (Å²) in [6, 6.07) is 96.5. The molecule has 15 rings (SSSR count). The van der Waals surface area contributed by atoms with Crippen LogP contribution in [-0.2, 0) is 5.41 Å². The summed E-state index contributed by atoms with van der Waals surface area (Å²) in [6.07, 6.45) is 0. The molecule has 0 fully saturated rings. The first-order chi connectivity index (χ1) is 36.5. The molecule has 1 aliphatic carbocycles. The van der Waals surface area contributed by atoms with Crippen LogP contribution in [0.3, 0.4) is 0 Å². The first-order valence-electron chi connectivity index (χ1n) is 25.8. The molecule has 3 nitrogen and oxygen atoms in total. The third-order valence-corrected chi connectivity index (χ3v) is 16.1. The molecule has 0 amide bonds. The van der Waals surface area contributed by atoms with Crippen LogP contribution < -0.4 is 4.90 Å². The van der Waals surface area contributed by atoms with Crippen LogP contribution in [0.1, 0.15) is 25.0 Å². The summed E-state index contributed by atoms with van der Waals surface area (Å²) in [5, 5.41) is 9.97. The zero-order chi connectivity index (χ0) is 49.1. The fraction of sp³-hybridized carbons (Fsp3) is 0.0423. The molecule has 1 aliphatic rings. The van der Waals surface area contributed by atoms with Crippen molar-refractivity contribution >= 4 is 82.2 Å². The molecule has 0 bridgehead atoms. The number of rotatable bonds is 7. The summed E-state index contributed by atoms with van der Waals surface area (Å²) in [5.41, 5.74) is 20.3. The van der Waals surface area contributed by atoms with Gasteiger partial charge in [0.05, 0.1) is 22.1 Å². The number of hydrogen-bond donors (Lipinski definition) is 0. The van der Waals surface area contributed by atoms with Gasteiger partial charge in [-0.05, 0) is 140 Å². The molecule has 0 unspecified atom stereocenters. The number of aromatic nitrogens is 2. The van der Waals surface area contributed by atoms with Crippen molar-refractivity contribution in [3.8, 4) is 44.8 Å². The van der Waals surface area contributed by atoms with Gasteiger partial charge in [-0.2, -0.15) is 0 Å². The van der Waals surface area contributed by atoms with Crippen molar-refractivity contribution in [2.45, 2.75) is 19.3 Å². The van der Waals surface area contributed by atoms with Crippen molar-refractivity contribution in [1.29, 1.82) is 0 Å². The Hall–Kier alpha value is -9.44. The summed E-state index contributed by atoms with van der Waals surface area (Å²) >= 11 is 0. The fourth-order valence-corrected chi connectivity index (χ4v) is 12.6. The van der Waals surface area contributed by atoms with E-state index in [-0.39, 0.29) is 5.41 Å². The molecule has 348 valence electrons. The first kappa shape index (κ1) is 42.3. The topological polar surface area (TPSA) is 13.1 Å². The minimum atomic E-state index is -0.139. The van der Waals surface area contributed by atoms with E-state index in [1.54, 1.807) is 0 Å². The molecule has 0 aliphatic heterocycles. The van der Waals surface area contributed by atoms with Gasteiger partial charge in [-0.15, -0.1) is 0 Å². The van der Waals surface area contributed by atoms with Crippen LogP contribution in [0.25, 0.3) is 110 Å².